The lowest BCUT2D eigenvalue weighted by molar-refractivity contribution is 0.151. The first kappa shape index (κ1) is 7.31. The number of hydrogen-bond donors (Lipinski definition) is 2. The molecule has 0 saturated heterocycles. The second-order valence-corrected chi connectivity index (χ2v) is 2.33. The summed E-state index contributed by atoms with van der Waals surface area (Å²) in [4.78, 5) is 0. The molecule has 0 radical (unpaired) electrons. The van der Waals surface area contributed by atoms with Gasteiger partial charge < -0.3 is 14.7 Å². The normalized spacial score (nSPS) is 15.9. The molecule has 0 aromatic rings. The standard InChI is InChI=1S/C3H9O3P/c1-6-7-3(5)2-4/h3-5,7H,2H2,1H3. The van der Waals surface area contributed by atoms with Gasteiger partial charge in [0.2, 0.25) is 0 Å². The van der Waals surface area contributed by atoms with Crippen LogP contribution in [0.2, 0.25) is 0 Å². The quantitative estimate of drug-likeness (QED) is 0.500. The fraction of sp³-hybridized carbons (Fsp3) is 1.00. The van der Waals surface area contributed by atoms with E-state index < -0.39 is 5.85 Å². The summed E-state index contributed by atoms with van der Waals surface area (Å²) >= 11 is 0. The third-order valence-electron chi connectivity index (χ3n) is 0.427. The molecular formula is C3H9O3P. The van der Waals surface area contributed by atoms with E-state index in [-0.39, 0.29) is 15.4 Å². The molecule has 2 atom stereocenters. The van der Waals surface area contributed by atoms with Crippen molar-refractivity contribution >= 4 is 8.81 Å². The zero-order chi connectivity index (χ0) is 5.70. The van der Waals surface area contributed by atoms with Crippen LogP contribution in [0, 0.1) is 0 Å². The van der Waals surface area contributed by atoms with E-state index in [1.54, 1.807) is 0 Å². The molecule has 2 N–H and O–H groups in total. The molecule has 44 valence electrons. The van der Waals surface area contributed by atoms with E-state index in [1.165, 1.54) is 7.11 Å². The first-order chi connectivity index (χ1) is 3.31. The molecule has 0 fully saturated rings. The van der Waals surface area contributed by atoms with E-state index in [9.17, 15) is 0 Å². The second-order valence-electron chi connectivity index (χ2n) is 1.02. The van der Waals surface area contributed by atoms with Crippen LogP contribution in [0.5, 0.6) is 0 Å². The van der Waals surface area contributed by atoms with Crippen molar-refractivity contribution in [3.63, 3.8) is 0 Å². The summed E-state index contributed by atoms with van der Waals surface area (Å²) < 4.78 is 4.51. The largest absolute Gasteiger partial charge is 0.393 e. The highest BCUT2D eigenvalue weighted by atomic mass is 31.1. The lowest BCUT2D eigenvalue weighted by atomic mass is 10.8. The van der Waals surface area contributed by atoms with E-state index in [4.69, 9.17) is 10.2 Å². The van der Waals surface area contributed by atoms with Gasteiger partial charge in [0, 0.05) is 15.9 Å². The molecule has 3 nitrogen and oxygen atoms in total. The number of rotatable bonds is 3. The average Bonchev–Trinajstić information content (AvgIpc) is 1.68. The van der Waals surface area contributed by atoms with Crippen LogP contribution in [-0.2, 0) is 4.52 Å². The third kappa shape index (κ3) is 4.16. The van der Waals surface area contributed by atoms with Crippen LogP contribution in [-0.4, -0.2) is 29.8 Å². The van der Waals surface area contributed by atoms with Crippen molar-refractivity contribution in [3.8, 4) is 0 Å². The molecule has 0 aliphatic carbocycles. The smallest absolute Gasteiger partial charge is 0.118 e. The predicted octanol–water partition coefficient (Wildman–Crippen LogP) is -0.463. The van der Waals surface area contributed by atoms with E-state index in [1.807, 2.05) is 0 Å². The fourth-order valence-corrected chi connectivity index (χ4v) is 0.520. The molecule has 0 rings (SSSR count). The van der Waals surface area contributed by atoms with Gasteiger partial charge in [0.25, 0.3) is 0 Å². The van der Waals surface area contributed by atoms with Crippen molar-refractivity contribution in [2.45, 2.75) is 5.85 Å². The maximum absolute atomic E-state index is 8.50. The van der Waals surface area contributed by atoms with Gasteiger partial charge in [-0.15, -0.1) is 0 Å². The summed E-state index contributed by atoms with van der Waals surface area (Å²) in [5.41, 5.74) is 0. The van der Waals surface area contributed by atoms with Crippen LogP contribution in [0.1, 0.15) is 0 Å². The molecule has 0 bridgehead atoms. The Morgan fingerprint density at radius 2 is 2.43 bits per heavy atom. The lowest BCUT2D eigenvalue weighted by Crippen LogP contribution is -2.03. The minimum Gasteiger partial charge on any atom is -0.393 e. The maximum Gasteiger partial charge on any atom is 0.118 e. The van der Waals surface area contributed by atoms with Gasteiger partial charge >= 0.3 is 0 Å². The Kier molecular flexibility index (Phi) is 4.67. The fourth-order valence-electron chi connectivity index (χ4n) is 0.173. The van der Waals surface area contributed by atoms with Gasteiger partial charge in [-0.3, -0.25) is 0 Å². The zero-order valence-corrected chi connectivity index (χ0v) is 5.09. The van der Waals surface area contributed by atoms with E-state index >= 15 is 0 Å². The van der Waals surface area contributed by atoms with Gasteiger partial charge in [-0.05, 0) is 0 Å². The van der Waals surface area contributed by atoms with Crippen LogP contribution in [0.25, 0.3) is 0 Å². The molecule has 4 heteroatoms. The molecule has 0 spiro atoms. The summed E-state index contributed by atoms with van der Waals surface area (Å²) in [6.45, 7) is -0.216. The summed E-state index contributed by atoms with van der Waals surface area (Å²) in [5.74, 6) is -0.690. The highest BCUT2D eigenvalue weighted by Gasteiger charge is 1.96. The summed E-state index contributed by atoms with van der Waals surface area (Å²) in [5, 5.41) is 16.6. The van der Waals surface area contributed by atoms with Crippen LogP contribution >= 0.6 is 8.81 Å². The van der Waals surface area contributed by atoms with Crippen LogP contribution in [0.15, 0.2) is 0 Å². The van der Waals surface area contributed by atoms with Crippen molar-refractivity contribution in [1.29, 1.82) is 0 Å². The highest BCUT2D eigenvalue weighted by molar-refractivity contribution is 7.32. The Hall–Kier alpha value is 0.310. The molecule has 0 aliphatic rings. The van der Waals surface area contributed by atoms with Crippen molar-refractivity contribution < 1.29 is 14.7 Å². The zero-order valence-electron chi connectivity index (χ0n) is 4.09. The van der Waals surface area contributed by atoms with Gasteiger partial charge in [0.05, 0.1) is 6.61 Å². The molecular weight excluding hydrogens is 115 g/mol. The molecule has 2 unspecified atom stereocenters. The minimum absolute atomic E-state index is 0.00579. The van der Waals surface area contributed by atoms with E-state index in [0.717, 1.165) is 0 Å². The molecule has 0 aromatic heterocycles. The van der Waals surface area contributed by atoms with Crippen LogP contribution in [0.4, 0.5) is 0 Å². The molecule has 0 saturated carbocycles. The van der Waals surface area contributed by atoms with Gasteiger partial charge in [-0.25, -0.2) is 0 Å². The first-order valence-corrected chi connectivity index (χ1v) is 2.87. The highest BCUT2D eigenvalue weighted by Crippen LogP contribution is 2.14. The Bertz CT molecular complexity index is 41.2. The number of aliphatic hydroxyl groups is 2. The molecule has 7 heavy (non-hydrogen) atoms. The first-order valence-electron chi connectivity index (χ1n) is 1.88. The molecule has 0 amide bonds. The van der Waals surface area contributed by atoms with Crippen molar-refractivity contribution in [3.05, 3.63) is 0 Å². The molecule has 0 aliphatic heterocycles. The van der Waals surface area contributed by atoms with Crippen LogP contribution in [0.3, 0.4) is 0 Å². The monoisotopic (exact) mass is 124 g/mol. The molecule has 0 heterocycles. The minimum atomic E-state index is -0.690. The Morgan fingerprint density at radius 1 is 1.86 bits per heavy atom. The summed E-state index contributed by atoms with van der Waals surface area (Å²) in [6.07, 6.45) is 0. The molecule has 0 aromatic carbocycles. The summed E-state index contributed by atoms with van der Waals surface area (Å²) in [6, 6.07) is 0. The topological polar surface area (TPSA) is 49.7 Å². The SMILES string of the molecule is COPC(O)CO. The Balaban J connectivity index is 2.83. The van der Waals surface area contributed by atoms with Gasteiger partial charge in [0.1, 0.15) is 5.85 Å². The van der Waals surface area contributed by atoms with Gasteiger partial charge in [0.15, 0.2) is 0 Å². The van der Waals surface area contributed by atoms with Gasteiger partial charge in [-0.1, -0.05) is 0 Å². The number of aliphatic hydroxyl groups excluding tert-OH is 2. The van der Waals surface area contributed by atoms with Crippen molar-refractivity contribution in [1.82, 2.24) is 0 Å². The van der Waals surface area contributed by atoms with Crippen molar-refractivity contribution in [2.24, 2.45) is 0 Å². The Morgan fingerprint density at radius 3 is 2.57 bits per heavy atom. The second kappa shape index (κ2) is 4.47. The van der Waals surface area contributed by atoms with E-state index in [2.05, 4.69) is 4.52 Å². The lowest BCUT2D eigenvalue weighted by Gasteiger charge is -2.01. The predicted molar refractivity (Wildman–Crippen MR) is 28.4 cm³/mol. The van der Waals surface area contributed by atoms with E-state index in [0.29, 0.717) is 0 Å². The average molecular weight is 124 g/mol. The number of hydrogen-bond acceptors (Lipinski definition) is 3. The Labute approximate surface area is 44.2 Å². The maximum atomic E-state index is 8.50. The van der Waals surface area contributed by atoms with Crippen molar-refractivity contribution in [2.75, 3.05) is 13.7 Å². The van der Waals surface area contributed by atoms with Crippen LogP contribution < -0.4 is 0 Å². The summed E-state index contributed by atoms with van der Waals surface area (Å²) in [7, 11) is 1.48. The third-order valence-corrected chi connectivity index (χ3v) is 1.12. The van der Waals surface area contributed by atoms with Gasteiger partial charge in [-0.2, -0.15) is 0 Å².